The second-order valence-corrected chi connectivity index (χ2v) is 6.45. The van der Waals surface area contributed by atoms with E-state index in [1.165, 1.54) is 32.1 Å². The van der Waals surface area contributed by atoms with Gasteiger partial charge < -0.3 is 15.3 Å². The summed E-state index contributed by atoms with van der Waals surface area (Å²) in [6.07, 6.45) is 10.8. The molecule has 0 aromatic carbocycles. The Morgan fingerprint density at radius 1 is 1.20 bits per heavy atom. The van der Waals surface area contributed by atoms with Crippen molar-refractivity contribution in [2.75, 3.05) is 13.1 Å². The van der Waals surface area contributed by atoms with E-state index in [2.05, 4.69) is 10.2 Å². The normalized spacial score (nSPS) is 24.6. The molecule has 2 aliphatic rings. The van der Waals surface area contributed by atoms with Crippen LogP contribution in [-0.2, 0) is 4.79 Å². The third-order valence-electron chi connectivity index (χ3n) is 4.93. The summed E-state index contributed by atoms with van der Waals surface area (Å²) in [4.78, 5) is 13.8. The van der Waals surface area contributed by atoms with E-state index in [0.29, 0.717) is 6.04 Å². The van der Waals surface area contributed by atoms with Crippen LogP contribution in [0.1, 0.15) is 64.7 Å². The molecule has 2 rings (SSSR count). The molecule has 4 heteroatoms. The van der Waals surface area contributed by atoms with Crippen LogP contribution in [-0.4, -0.2) is 47.2 Å². The summed E-state index contributed by atoms with van der Waals surface area (Å²) in [7, 11) is 0. The van der Waals surface area contributed by atoms with Gasteiger partial charge in [0.25, 0.3) is 0 Å². The Labute approximate surface area is 122 Å². The summed E-state index contributed by atoms with van der Waals surface area (Å²) in [6.45, 7) is 4.32. The minimum Gasteiger partial charge on any atom is -0.480 e. The van der Waals surface area contributed by atoms with Gasteiger partial charge in [-0.25, -0.2) is 0 Å². The minimum atomic E-state index is -0.693. The van der Waals surface area contributed by atoms with Crippen LogP contribution >= 0.6 is 0 Å². The monoisotopic (exact) mass is 282 g/mol. The molecule has 2 fully saturated rings. The summed E-state index contributed by atoms with van der Waals surface area (Å²) < 4.78 is 0. The average Bonchev–Trinajstić information content (AvgIpc) is 2.48. The maximum absolute atomic E-state index is 11.2. The highest BCUT2D eigenvalue weighted by molar-refractivity contribution is 5.73. The fourth-order valence-electron chi connectivity index (χ4n) is 3.73. The third-order valence-corrected chi connectivity index (χ3v) is 4.93. The molecular formula is C16H30N2O2. The van der Waals surface area contributed by atoms with Crippen molar-refractivity contribution in [2.24, 2.45) is 0 Å². The van der Waals surface area contributed by atoms with Gasteiger partial charge in [0, 0.05) is 12.1 Å². The third kappa shape index (κ3) is 4.45. The SMILES string of the molecule is CCCC(NC1CCN(C2CCCCC2)CC1)C(=O)O. The number of rotatable bonds is 6. The van der Waals surface area contributed by atoms with Crippen LogP contribution in [0.3, 0.4) is 0 Å². The summed E-state index contributed by atoms with van der Waals surface area (Å²) in [5.41, 5.74) is 0. The number of carbonyl (C=O) groups is 1. The Hall–Kier alpha value is -0.610. The zero-order valence-electron chi connectivity index (χ0n) is 12.8. The Morgan fingerprint density at radius 2 is 1.85 bits per heavy atom. The van der Waals surface area contributed by atoms with Gasteiger partial charge in [0.15, 0.2) is 0 Å². The Kier molecular flexibility index (Phi) is 6.30. The van der Waals surface area contributed by atoms with Crippen LogP contribution < -0.4 is 5.32 Å². The molecule has 0 radical (unpaired) electrons. The van der Waals surface area contributed by atoms with E-state index >= 15 is 0 Å². The fraction of sp³-hybridized carbons (Fsp3) is 0.938. The van der Waals surface area contributed by atoms with Crippen LogP contribution in [0.2, 0.25) is 0 Å². The van der Waals surface area contributed by atoms with E-state index in [4.69, 9.17) is 0 Å². The predicted molar refractivity (Wildman–Crippen MR) is 80.9 cm³/mol. The van der Waals surface area contributed by atoms with Crippen LogP contribution in [0.5, 0.6) is 0 Å². The molecule has 1 saturated carbocycles. The number of carboxylic acid groups (broad SMARTS) is 1. The highest BCUT2D eigenvalue weighted by Crippen LogP contribution is 2.25. The van der Waals surface area contributed by atoms with Gasteiger partial charge in [0.2, 0.25) is 0 Å². The lowest BCUT2D eigenvalue weighted by molar-refractivity contribution is -0.140. The van der Waals surface area contributed by atoms with Gasteiger partial charge in [-0.2, -0.15) is 0 Å². The molecule has 0 amide bonds. The zero-order chi connectivity index (χ0) is 14.4. The summed E-state index contributed by atoms with van der Waals surface area (Å²) in [5, 5.41) is 12.6. The summed E-state index contributed by atoms with van der Waals surface area (Å²) in [5.74, 6) is -0.693. The molecule has 116 valence electrons. The van der Waals surface area contributed by atoms with Crippen molar-refractivity contribution >= 4 is 5.97 Å². The highest BCUT2D eigenvalue weighted by Gasteiger charge is 2.28. The van der Waals surface area contributed by atoms with Gasteiger partial charge in [-0.1, -0.05) is 32.6 Å². The lowest BCUT2D eigenvalue weighted by Crippen LogP contribution is -2.51. The summed E-state index contributed by atoms with van der Waals surface area (Å²) >= 11 is 0. The standard InChI is InChI=1S/C16H30N2O2/c1-2-6-15(16(19)20)17-13-9-11-18(12-10-13)14-7-4-3-5-8-14/h13-15,17H,2-12H2,1H3,(H,19,20). The van der Waals surface area contributed by atoms with Crippen molar-refractivity contribution in [1.82, 2.24) is 10.2 Å². The van der Waals surface area contributed by atoms with Gasteiger partial charge in [-0.15, -0.1) is 0 Å². The number of hydrogen-bond donors (Lipinski definition) is 2. The first-order chi connectivity index (χ1) is 9.70. The van der Waals surface area contributed by atoms with Gasteiger partial charge in [0.1, 0.15) is 6.04 Å². The molecular weight excluding hydrogens is 252 g/mol. The number of likely N-dealkylation sites (tertiary alicyclic amines) is 1. The van der Waals surface area contributed by atoms with E-state index < -0.39 is 5.97 Å². The Balaban J connectivity index is 1.74. The van der Waals surface area contributed by atoms with Crippen molar-refractivity contribution in [2.45, 2.75) is 82.8 Å². The second kappa shape index (κ2) is 7.99. The van der Waals surface area contributed by atoms with E-state index in [0.717, 1.165) is 44.8 Å². The van der Waals surface area contributed by atoms with Crippen molar-refractivity contribution in [1.29, 1.82) is 0 Å². The molecule has 0 spiro atoms. The van der Waals surface area contributed by atoms with Gasteiger partial charge in [0.05, 0.1) is 0 Å². The Morgan fingerprint density at radius 3 is 2.40 bits per heavy atom. The van der Waals surface area contributed by atoms with Crippen LogP contribution in [0.4, 0.5) is 0 Å². The highest BCUT2D eigenvalue weighted by atomic mass is 16.4. The van der Waals surface area contributed by atoms with Crippen LogP contribution in [0, 0.1) is 0 Å². The van der Waals surface area contributed by atoms with E-state index in [9.17, 15) is 9.90 Å². The maximum Gasteiger partial charge on any atom is 0.320 e. The van der Waals surface area contributed by atoms with Gasteiger partial charge in [-0.3, -0.25) is 4.79 Å². The van der Waals surface area contributed by atoms with Crippen LogP contribution in [0.15, 0.2) is 0 Å². The maximum atomic E-state index is 11.2. The second-order valence-electron chi connectivity index (χ2n) is 6.45. The van der Waals surface area contributed by atoms with Crippen molar-refractivity contribution in [3.63, 3.8) is 0 Å². The first-order valence-corrected chi connectivity index (χ1v) is 8.43. The Bertz CT molecular complexity index is 295. The number of carboxylic acids is 1. The average molecular weight is 282 g/mol. The molecule has 1 aliphatic carbocycles. The van der Waals surface area contributed by atoms with Crippen LogP contribution in [0.25, 0.3) is 0 Å². The molecule has 1 saturated heterocycles. The molecule has 20 heavy (non-hydrogen) atoms. The molecule has 1 atom stereocenters. The number of piperidine rings is 1. The minimum absolute atomic E-state index is 0.355. The lowest BCUT2D eigenvalue weighted by Gasteiger charge is -2.40. The number of hydrogen-bond acceptors (Lipinski definition) is 3. The number of nitrogens with one attached hydrogen (secondary N) is 1. The molecule has 2 N–H and O–H groups in total. The first kappa shape index (κ1) is 15.8. The van der Waals surface area contributed by atoms with E-state index in [1.807, 2.05) is 6.92 Å². The molecule has 0 aromatic rings. The van der Waals surface area contributed by atoms with E-state index in [-0.39, 0.29) is 6.04 Å². The lowest BCUT2D eigenvalue weighted by atomic mass is 9.92. The summed E-state index contributed by atoms with van der Waals surface area (Å²) in [6, 6.07) is 0.837. The van der Waals surface area contributed by atoms with Crippen molar-refractivity contribution < 1.29 is 9.90 Å². The van der Waals surface area contributed by atoms with Crippen molar-refractivity contribution in [3.8, 4) is 0 Å². The molecule has 0 bridgehead atoms. The zero-order valence-corrected chi connectivity index (χ0v) is 12.8. The first-order valence-electron chi connectivity index (χ1n) is 8.43. The van der Waals surface area contributed by atoms with Gasteiger partial charge in [-0.05, 0) is 45.2 Å². The number of nitrogens with zero attached hydrogens (tertiary/aromatic N) is 1. The van der Waals surface area contributed by atoms with Gasteiger partial charge >= 0.3 is 5.97 Å². The molecule has 1 unspecified atom stereocenters. The quantitative estimate of drug-likeness (QED) is 0.786. The smallest absolute Gasteiger partial charge is 0.320 e. The predicted octanol–water partition coefficient (Wildman–Crippen LogP) is 2.63. The molecule has 1 aliphatic heterocycles. The van der Waals surface area contributed by atoms with E-state index in [1.54, 1.807) is 0 Å². The fourth-order valence-corrected chi connectivity index (χ4v) is 3.73. The molecule has 0 aromatic heterocycles. The van der Waals surface area contributed by atoms with Crippen molar-refractivity contribution in [3.05, 3.63) is 0 Å². The topological polar surface area (TPSA) is 52.6 Å². The number of aliphatic carboxylic acids is 1. The molecule has 4 nitrogen and oxygen atoms in total. The molecule has 1 heterocycles. The largest absolute Gasteiger partial charge is 0.480 e.